The van der Waals surface area contributed by atoms with Crippen LogP contribution >= 0.6 is 0 Å². The van der Waals surface area contributed by atoms with E-state index in [1.54, 1.807) is 0 Å². The number of fused-ring (bicyclic) bond motifs is 3. The Morgan fingerprint density at radius 3 is 2.18 bits per heavy atom. The van der Waals surface area contributed by atoms with Crippen LogP contribution in [0.2, 0.25) is 0 Å². The number of nitrogens with one attached hydrogen (secondary N) is 2. The lowest BCUT2D eigenvalue weighted by atomic mass is 9.78. The van der Waals surface area contributed by atoms with Crippen molar-refractivity contribution >= 4 is 18.0 Å². The predicted molar refractivity (Wildman–Crippen MR) is 121 cm³/mol. The van der Waals surface area contributed by atoms with Gasteiger partial charge in [-0.3, -0.25) is 4.79 Å². The zero-order chi connectivity index (χ0) is 23.6. The lowest BCUT2D eigenvalue weighted by molar-refractivity contribution is -0.156. The number of carboxylic acids is 1. The molecule has 2 aliphatic carbocycles. The zero-order valence-corrected chi connectivity index (χ0v) is 18.4. The first kappa shape index (κ1) is 22.8. The quantitative estimate of drug-likeness (QED) is 0.488. The molecular formula is C25H28N2O6. The number of ether oxygens (including phenoxy) is 1. The first-order chi connectivity index (χ1) is 15.7. The van der Waals surface area contributed by atoms with E-state index in [0.29, 0.717) is 12.8 Å². The smallest absolute Gasteiger partial charge is 0.407 e. The van der Waals surface area contributed by atoms with E-state index in [0.717, 1.165) is 18.1 Å². The molecule has 33 heavy (non-hydrogen) atoms. The molecule has 2 aromatic carbocycles. The van der Waals surface area contributed by atoms with Gasteiger partial charge in [0.25, 0.3) is 0 Å². The van der Waals surface area contributed by atoms with Gasteiger partial charge in [-0.25, -0.2) is 9.59 Å². The van der Waals surface area contributed by atoms with Crippen molar-refractivity contribution in [1.82, 2.24) is 10.6 Å². The number of alkyl carbamates (subject to hydrolysis) is 1. The summed E-state index contributed by atoms with van der Waals surface area (Å²) in [4.78, 5) is 35.2. The SMILES string of the molecule is CC(O)(CNC(=O)CC1CC(NC(=O)OCC2c3ccccc3-c3ccccc32)C1)C(=O)O. The highest BCUT2D eigenvalue weighted by atomic mass is 16.5. The summed E-state index contributed by atoms with van der Waals surface area (Å²) in [5.74, 6) is -1.61. The second-order valence-electron chi connectivity index (χ2n) is 9.06. The maximum atomic E-state index is 12.3. The van der Waals surface area contributed by atoms with Crippen LogP contribution in [0.15, 0.2) is 48.5 Å². The molecule has 0 aliphatic heterocycles. The van der Waals surface area contributed by atoms with E-state index >= 15 is 0 Å². The van der Waals surface area contributed by atoms with Gasteiger partial charge in [0.2, 0.25) is 5.91 Å². The molecule has 2 aromatic rings. The summed E-state index contributed by atoms with van der Waals surface area (Å²) >= 11 is 0. The lowest BCUT2D eigenvalue weighted by Crippen LogP contribution is -2.48. The van der Waals surface area contributed by atoms with Crippen LogP contribution in [-0.4, -0.2) is 53.0 Å². The Morgan fingerprint density at radius 1 is 1.03 bits per heavy atom. The van der Waals surface area contributed by atoms with Gasteiger partial charge in [-0.15, -0.1) is 0 Å². The average molecular weight is 453 g/mol. The molecular weight excluding hydrogens is 424 g/mol. The van der Waals surface area contributed by atoms with Crippen molar-refractivity contribution in [2.75, 3.05) is 13.2 Å². The van der Waals surface area contributed by atoms with Gasteiger partial charge >= 0.3 is 12.1 Å². The maximum absolute atomic E-state index is 12.3. The second kappa shape index (κ2) is 9.23. The molecule has 0 bridgehead atoms. The normalized spacial score (nSPS) is 20.5. The van der Waals surface area contributed by atoms with Gasteiger partial charge in [0.05, 0.1) is 6.54 Å². The summed E-state index contributed by atoms with van der Waals surface area (Å²) in [5.41, 5.74) is 2.66. The number of amides is 2. The van der Waals surface area contributed by atoms with E-state index in [1.807, 2.05) is 24.3 Å². The van der Waals surface area contributed by atoms with E-state index in [1.165, 1.54) is 11.1 Å². The average Bonchev–Trinajstić information content (AvgIpc) is 3.08. The van der Waals surface area contributed by atoms with E-state index in [4.69, 9.17) is 9.84 Å². The highest BCUT2D eigenvalue weighted by molar-refractivity contribution is 5.80. The Bertz CT molecular complexity index is 1010. The molecule has 2 aliphatic rings. The second-order valence-corrected chi connectivity index (χ2v) is 9.06. The van der Waals surface area contributed by atoms with Crippen molar-refractivity contribution in [3.05, 3.63) is 59.7 Å². The summed E-state index contributed by atoms with van der Waals surface area (Å²) in [6.07, 6.45) is 1.04. The molecule has 2 amide bonds. The molecule has 0 spiro atoms. The molecule has 1 unspecified atom stereocenters. The Morgan fingerprint density at radius 2 is 1.61 bits per heavy atom. The zero-order valence-electron chi connectivity index (χ0n) is 18.4. The van der Waals surface area contributed by atoms with E-state index in [-0.39, 0.29) is 43.4 Å². The Balaban J connectivity index is 1.20. The summed E-state index contributed by atoms with van der Waals surface area (Å²) in [6, 6.07) is 16.2. The van der Waals surface area contributed by atoms with Crippen molar-refractivity contribution < 1.29 is 29.3 Å². The van der Waals surface area contributed by atoms with E-state index in [2.05, 4.69) is 34.9 Å². The van der Waals surface area contributed by atoms with Crippen LogP contribution in [0.25, 0.3) is 11.1 Å². The molecule has 1 atom stereocenters. The van der Waals surface area contributed by atoms with Crippen LogP contribution < -0.4 is 10.6 Å². The minimum Gasteiger partial charge on any atom is -0.479 e. The first-order valence-electron chi connectivity index (χ1n) is 11.1. The van der Waals surface area contributed by atoms with Gasteiger partial charge in [-0.2, -0.15) is 0 Å². The highest BCUT2D eigenvalue weighted by Gasteiger charge is 2.35. The van der Waals surface area contributed by atoms with Crippen molar-refractivity contribution in [3.63, 3.8) is 0 Å². The van der Waals surface area contributed by atoms with Crippen LogP contribution in [0.4, 0.5) is 4.79 Å². The van der Waals surface area contributed by atoms with Gasteiger partial charge in [0.1, 0.15) is 6.61 Å². The van der Waals surface area contributed by atoms with Crippen molar-refractivity contribution in [2.24, 2.45) is 5.92 Å². The van der Waals surface area contributed by atoms with E-state index < -0.39 is 17.7 Å². The number of aliphatic hydroxyl groups is 1. The topological polar surface area (TPSA) is 125 Å². The fraction of sp³-hybridized carbons (Fsp3) is 0.400. The minimum absolute atomic E-state index is 0.00370. The number of carbonyl (C=O) groups excluding carboxylic acids is 2. The first-order valence-corrected chi connectivity index (χ1v) is 11.1. The van der Waals surface area contributed by atoms with Gasteiger partial charge in [0.15, 0.2) is 5.60 Å². The number of rotatable bonds is 8. The standard InChI is InChI=1S/C25H28N2O6/c1-25(32,23(29)30)14-26-22(28)12-15-10-16(11-15)27-24(31)33-13-21-19-8-4-2-6-17(19)18-7-3-5-9-20(18)21/h2-9,15-16,21,32H,10-14H2,1H3,(H,26,28)(H,27,31)(H,29,30). The molecule has 8 nitrogen and oxygen atoms in total. The van der Waals surface area contributed by atoms with Crippen molar-refractivity contribution in [3.8, 4) is 11.1 Å². The van der Waals surface area contributed by atoms with Crippen LogP contribution in [0, 0.1) is 5.92 Å². The predicted octanol–water partition coefficient (Wildman–Crippen LogP) is 2.65. The molecule has 0 saturated heterocycles. The fourth-order valence-electron chi connectivity index (χ4n) is 4.51. The number of aliphatic carboxylic acids is 1. The molecule has 174 valence electrons. The van der Waals surface area contributed by atoms with Gasteiger partial charge in [-0.05, 0) is 47.9 Å². The molecule has 4 N–H and O–H groups in total. The van der Waals surface area contributed by atoms with Crippen LogP contribution in [0.5, 0.6) is 0 Å². The van der Waals surface area contributed by atoms with Crippen molar-refractivity contribution in [1.29, 1.82) is 0 Å². The van der Waals surface area contributed by atoms with Crippen molar-refractivity contribution in [2.45, 2.75) is 43.7 Å². The summed E-state index contributed by atoms with van der Waals surface area (Å²) in [5, 5.41) is 23.8. The molecule has 8 heteroatoms. The lowest BCUT2D eigenvalue weighted by Gasteiger charge is -2.35. The van der Waals surface area contributed by atoms with Crippen LogP contribution in [0.3, 0.4) is 0 Å². The molecule has 1 fully saturated rings. The third-order valence-electron chi connectivity index (χ3n) is 6.47. The third kappa shape index (κ3) is 5.01. The molecule has 0 aromatic heterocycles. The summed E-state index contributed by atoms with van der Waals surface area (Å²) in [7, 11) is 0. The van der Waals surface area contributed by atoms with Crippen LogP contribution in [0.1, 0.15) is 43.2 Å². The number of carbonyl (C=O) groups is 3. The Hall–Kier alpha value is -3.39. The van der Waals surface area contributed by atoms with Gasteiger partial charge in [0, 0.05) is 18.4 Å². The fourth-order valence-corrected chi connectivity index (χ4v) is 4.51. The third-order valence-corrected chi connectivity index (χ3v) is 6.47. The molecule has 0 heterocycles. The Labute approximate surface area is 192 Å². The van der Waals surface area contributed by atoms with Crippen LogP contribution in [-0.2, 0) is 14.3 Å². The number of hydrogen-bond donors (Lipinski definition) is 4. The Kier molecular flexibility index (Phi) is 6.37. The number of carboxylic acid groups (broad SMARTS) is 1. The molecule has 4 rings (SSSR count). The largest absolute Gasteiger partial charge is 0.479 e. The number of benzene rings is 2. The highest BCUT2D eigenvalue weighted by Crippen LogP contribution is 2.44. The van der Waals surface area contributed by atoms with Gasteiger partial charge in [-0.1, -0.05) is 48.5 Å². The molecule has 0 radical (unpaired) electrons. The maximum Gasteiger partial charge on any atom is 0.407 e. The van der Waals surface area contributed by atoms with E-state index in [9.17, 15) is 19.5 Å². The number of hydrogen-bond acceptors (Lipinski definition) is 5. The minimum atomic E-state index is -2.00. The summed E-state index contributed by atoms with van der Waals surface area (Å²) in [6.45, 7) is 1.03. The monoisotopic (exact) mass is 452 g/mol. The molecule has 1 saturated carbocycles. The summed E-state index contributed by atoms with van der Waals surface area (Å²) < 4.78 is 5.55. The van der Waals surface area contributed by atoms with Gasteiger partial charge < -0.3 is 25.6 Å².